The van der Waals surface area contributed by atoms with E-state index < -0.39 is 0 Å². The maximum Gasteiger partial charge on any atom is 0.0384 e. The highest BCUT2D eigenvalue weighted by Crippen LogP contribution is 2.42. The minimum atomic E-state index is 0.0730. The van der Waals surface area contributed by atoms with E-state index in [1.807, 2.05) is 18.2 Å². The molecule has 0 spiro atoms. The van der Waals surface area contributed by atoms with Gasteiger partial charge in [-0.1, -0.05) is 64.1 Å². The van der Waals surface area contributed by atoms with Gasteiger partial charge in [-0.25, -0.2) is 0 Å². The summed E-state index contributed by atoms with van der Waals surface area (Å²) >= 11 is 0. The van der Waals surface area contributed by atoms with Gasteiger partial charge < -0.3 is 5.32 Å². The molecule has 0 aromatic heterocycles. The molecule has 0 saturated heterocycles. The zero-order valence-electron chi connectivity index (χ0n) is 12.3. The smallest absolute Gasteiger partial charge is 0.0384 e. The van der Waals surface area contributed by atoms with Gasteiger partial charge in [-0.15, -0.1) is 0 Å². The van der Waals surface area contributed by atoms with Crippen LogP contribution in [0.3, 0.4) is 0 Å². The molecule has 0 amide bonds. The van der Waals surface area contributed by atoms with Crippen LogP contribution in [-0.2, 0) is 0 Å². The largest absolute Gasteiger partial charge is 0.356 e. The van der Waals surface area contributed by atoms with Gasteiger partial charge in [0.25, 0.3) is 0 Å². The van der Waals surface area contributed by atoms with Crippen LogP contribution in [-0.4, -0.2) is 0 Å². The van der Waals surface area contributed by atoms with Gasteiger partial charge in [0, 0.05) is 16.8 Å². The molecule has 1 nitrogen and oxygen atoms in total. The highest BCUT2D eigenvalue weighted by Gasteiger charge is 2.32. The van der Waals surface area contributed by atoms with Gasteiger partial charge in [0.2, 0.25) is 0 Å². The number of benzene rings is 1. The van der Waals surface area contributed by atoms with Crippen molar-refractivity contribution in [1.82, 2.24) is 0 Å². The molecule has 1 N–H and O–H groups in total. The van der Waals surface area contributed by atoms with Crippen molar-refractivity contribution in [3.63, 3.8) is 0 Å². The maximum absolute atomic E-state index is 3.43. The summed E-state index contributed by atoms with van der Waals surface area (Å²) in [6.45, 7) is 9.10. The molecule has 19 heavy (non-hydrogen) atoms. The average Bonchev–Trinajstić information content (AvgIpc) is 2.53. The quantitative estimate of drug-likeness (QED) is 0.767. The van der Waals surface area contributed by atoms with Crippen molar-refractivity contribution < 1.29 is 0 Å². The Morgan fingerprint density at radius 3 is 2.32 bits per heavy atom. The van der Waals surface area contributed by atoms with Crippen molar-refractivity contribution in [2.45, 2.75) is 27.7 Å². The first-order chi connectivity index (χ1) is 8.91. The minimum Gasteiger partial charge on any atom is -0.356 e. The Hall–Kier alpha value is -1.76. The first-order valence-corrected chi connectivity index (χ1v) is 6.82. The van der Waals surface area contributed by atoms with Crippen molar-refractivity contribution in [3.05, 3.63) is 66.4 Å². The van der Waals surface area contributed by atoms with Gasteiger partial charge >= 0.3 is 0 Å². The third-order valence-electron chi connectivity index (χ3n) is 4.01. The number of rotatable bonds is 2. The van der Waals surface area contributed by atoms with Crippen LogP contribution in [0.4, 0.5) is 5.69 Å². The molecule has 1 aromatic rings. The van der Waals surface area contributed by atoms with Gasteiger partial charge in [0.15, 0.2) is 0 Å². The van der Waals surface area contributed by atoms with Crippen LogP contribution in [0, 0.1) is 10.8 Å². The molecule has 0 fully saturated rings. The summed E-state index contributed by atoms with van der Waals surface area (Å²) < 4.78 is 0. The van der Waals surface area contributed by atoms with Crippen molar-refractivity contribution in [1.29, 1.82) is 0 Å². The summed E-state index contributed by atoms with van der Waals surface area (Å²) in [6.07, 6.45) is 11.0. The topological polar surface area (TPSA) is 12.0 Å². The monoisotopic (exact) mass is 253 g/mol. The standard InChI is InChI=1S/C18H23N/c1-17(2,3)18(4)13-8-11-16(12-14-18)19-15-9-6-5-7-10-15/h5-14,19H,1-4H3. The zero-order valence-corrected chi connectivity index (χ0v) is 12.3. The van der Waals surface area contributed by atoms with E-state index in [2.05, 4.69) is 75.5 Å². The van der Waals surface area contributed by atoms with Crippen LogP contribution in [0.5, 0.6) is 0 Å². The molecular weight excluding hydrogens is 230 g/mol. The molecular formula is C18H23N. The summed E-state index contributed by atoms with van der Waals surface area (Å²) in [5.74, 6) is 0. The predicted molar refractivity (Wildman–Crippen MR) is 84.0 cm³/mol. The molecule has 1 atom stereocenters. The molecule has 100 valence electrons. The van der Waals surface area contributed by atoms with E-state index in [1.165, 1.54) is 0 Å². The van der Waals surface area contributed by atoms with Gasteiger partial charge in [0.05, 0.1) is 0 Å². The Labute approximate surface area is 116 Å². The lowest BCUT2D eigenvalue weighted by Gasteiger charge is -2.37. The fourth-order valence-electron chi connectivity index (χ4n) is 2.00. The SMILES string of the molecule is CC(C)(C)C1(C)C=CC=C(Nc2ccccc2)C=C1. The number of nitrogens with one attached hydrogen (secondary N) is 1. The Morgan fingerprint density at radius 2 is 1.68 bits per heavy atom. The lowest BCUT2D eigenvalue weighted by atomic mass is 9.68. The van der Waals surface area contributed by atoms with E-state index in [1.54, 1.807) is 0 Å². The molecule has 1 heteroatoms. The second kappa shape index (κ2) is 5.08. The van der Waals surface area contributed by atoms with Crippen molar-refractivity contribution in [2.75, 3.05) is 5.32 Å². The third-order valence-corrected chi connectivity index (χ3v) is 4.01. The minimum absolute atomic E-state index is 0.0730. The normalized spacial score (nSPS) is 22.8. The maximum atomic E-state index is 3.43. The molecule has 0 bridgehead atoms. The summed E-state index contributed by atoms with van der Waals surface area (Å²) in [7, 11) is 0. The first-order valence-electron chi connectivity index (χ1n) is 6.82. The molecule has 0 aliphatic heterocycles. The molecule has 1 unspecified atom stereocenters. The number of hydrogen-bond donors (Lipinski definition) is 1. The zero-order chi connectivity index (χ0) is 13.9. The Bertz CT molecular complexity index is 514. The van der Waals surface area contributed by atoms with E-state index in [9.17, 15) is 0 Å². The van der Waals surface area contributed by atoms with E-state index in [0.29, 0.717) is 0 Å². The van der Waals surface area contributed by atoms with Crippen LogP contribution in [0.1, 0.15) is 27.7 Å². The summed E-state index contributed by atoms with van der Waals surface area (Å²) in [5, 5.41) is 3.43. The lowest BCUT2D eigenvalue weighted by Crippen LogP contribution is -2.28. The Balaban J connectivity index is 2.18. The van der Waals surface area contributed by atoms with Crippen LogP contribution < -0.4 is 5.32 Å². The fourth-order valence-corrected chi connectivity index (χ4v) is 2.00. The Morgan fingerprint density at radius 1 is 1.00 bits per heavy atom. The fraction of sp³-hybridized carbons (Fsp3) is 0.333. The van der Waals surface area contributed by atoms with Gasteiger partial charge in [-0.05, 0) is 29.7 Å². The van der Waals surface area contributed by atoms with Gasteiger partial charge in [-0.2, -0.15) is 0 Å². The van der Waals surface area contributed by atoms with Crippen LogP contribution >= 0.6 is 0 Å². The highest BCUT2D eigenvalue weighted by molar-refractivity contribution is 5.52. The summed E-state index contributed by atoms with van der Waals surface area (Å²) in [4.78, 5) is 0. The second-order valence-corrected chi connectivity index (χ2v) is 6.34. The predicted octanol–water partition coefficient (Wildman–Crippen LogP) is 5.16. The van der Waals surface area contributed by atoms with Crippen LogP contribution in [0.15, 0.2) is 66.4 Å². The number of anilines is 1. The summed E-state index contributed by atoms with van der Waals surface area (Å²) in [6, 6.07) is 10.3. The van der Waals surface area contributed by atoms with Crippen molar-refractivity contribution in [3.8, 4) is 0 Å². The number of allylic oxidation sites excluding steroid dienone is 5. The molecule has 1 aromatic carbocycles. The van der Waals surface area contributed by atoms with Crippen molar-refractivity contribution >= 4 is 5.69 Å². The van der Waals surface area contributed by atoms with E-state index in [-0.39, 0.29) is 10.8 Å². The van der Waals surface area contributed by atoms with E-state index >= 15 is 0 Å². The van der Waals surface area contributed by atoms with Crippen molar-refractivity contribution in [2.24, 2.45) is 10.8 Å². The molecule has 2 rings (SSSR count). The third kappa shape index (κ3) is 3.17. The Kier molecular flexibility index (Phi) is 3.66. The van der Waals surface area contributed by atoms with E-state index in [0.717, 1.165) is 11.4 Å². The van der Waals surface area contributed by atoms with Gasteiger partial charge in [0.1, 0.15) is 0 Å². The highest BCUT2D eigenvalue weighted by atomic mass is 14.9. The van der Waals surface area contributed by atoms with Gasteiger partial charge in [-0.3, -0.25) is 0 Å². The molecule has 1 aliphatic rings. The van der Waals surface area contributed by atoms with Crippen LogP contribution in [0.2, 0.25) is 0 Å². The number of para-hydroxylation sites is 1. The molecule has 1 aliphatic carbocycles. The lowest BCUT2D eigenvalue weighted by molar-refractivity contribution is 0.228. The van der Waals surface area contributed by atoms with E-state index in [4.69, 9.17) is 0 Å². The molecule has 0 saturated carbocycles. The summed E-state index contributed by atoms with van der Waals surface area (Å²) in [5.41, 5.74) is 2.52. The number of hydrogen-bond acceptors (Lipinski definition) is 1. The molecule has 0 heterocycles. The van der Waals surface area contributed by atoms with Crippen LogP contribution in [0.25, 0.3) is 0 Å². The average molecular weight is 253 g/mol. The molecule has 0 radical (unpaired) electrons. The second-order valence-electron chi connectivity index (χ2n) is 6.34. The first kappa shape index (κ1) is 13.7.